The Morgan fingerprint density at radius 2 is 0.667 bits per heavy atom. The fourth-order valence-corrected chi connectivity index (χ4v) is 15.2. The molecule has 0 fully saturated rings. The van der Waals surface area contributed by atoms with Gasteiger partial charge in [-0.15, -0.1) is 0 Å². The summed E-state index contributed by atoms with van der Waals surface area (Å²) in [6.45, 7) is 0. The molecule has 0 atom stereocenters. The Bertz CT molecular complexity index is 6480. The second-order valence-corrected chi connectivity index (χ2v) is 25.1. The molecule has 446 valence electrons. The highest BCUT2D eigenvalue weighted by Crippen LogP contribution is 2.48. The molecule has 96 heavy (non-hydrogen) atoms. The molecule has 6 heterocycles. The first-order valence-corrected chi connectivity index (χ1v) is 32.7. The van der Waals surface area contributed by atoms with E-state index in [2.05, 4.69) is 331 Å². The van der Waals surface area contributed by atoms with E-state index in [4.69, 9.17) is 18.8 Å². The fourth-order valence-electron chi connectivity index (χ4n) is 15.2. The van der Waals surface area contributed by atoms with Crippen LogP contribution in [-0.2, 0) is 0 Å². The lowest BCUT2D eigenvalue weighted by atomic mass is 9.95. The first-order chi connectivity index (χ1) is 47.6. The lowest BCUT2D eigenvalue weighted by Gasteiger charge is -2.13. The van der Waals surface area contributed by atoms with Crippen molar-refractivity contribution in [2.24, 2.45) is 0 Å². The van der Waals surface area contributed by atoms with E-state index < -0.39 is 0 Å². The molecule has 0 unspecified atom stereocenters. The molecule has 20 aromatic rings. The molecule has 0 radical (unpaired) electrons. The molecule has 20 rings (SSSR count). The number of aromatic nitrogens is 4. The summed E-state index contributed by atoms with van der Waals surface area (Å²) in [6.07, 6.45) is 0. The summed E-state index contributed by atoms with van der Waals surface area (Å²) in [6, 6.07) is 117. The Hall–Kier alpha value is -12.9. The van der Waals surface area contributed by atoms with Gasteiger partial charge in [-0.25, -0.2) is 9.97 Å². The van der Waals surface area contributed by atoms with Gasteiger partial charge in [-0.3, -0.25) is 0 Å². The number of fused-ring (bicyclic) bond motifs is 19. The average molecular weight is 1220 g/mol. The Morgan fingerprint density at radius 3 is 1.31 bits per heavy atom. The third-order valence-corrected chi connectivity index (χ3v) is 19.7. The van der Waals surface area contributed by atoms with Gasteiger partial charge in [0.1, 0.15) is 16.7 Å². The summed E-state index contributed by atoms with van der Waals surface area (Å²) in [5.74, 6) is 0. The zero-order valence-electron chi connectivity index (χ0n) is 51.8. The van der Waals surface area contributed by atoms with Gasteiger partial charge in [0.2, 0.25) is 0 Å². The molecule has 6 heteroatoms. The van der Waals surface area contributed by atoms with Crippen LogP contribution >= 0.6 is 0 Å². The maximum absolute atomic E-state index is 7.09. The highest BCUT2D eigenvalue weighted by Gasteiger charge is 2.25. The van der Waals surface area contributed by atoms with Crippen LogP contribution in [0.25, 0.3) is 199 Å². The zero-order valence-corrected chi connectivity index (χ0v) is 51.8. The van der Waals surface area contributed by atoms with Gasteiger partial charge in [0.05, 0.1) is 50.2 Å². The van der Waals surface area contributed by atoms with Gasteiger partial charge in [0, 0.05) is 76.7 Å². The standard InChI is InChI=1S/C90H54N4O2/c1-4-19-55(20-5-1)64-51-76(57-22-6-2-7-23-57)91-78(52-64)59-35-41-66(42-36-59)93-80-47-40-63(50-75(80)86-87(93)71-31-13-12-30-70(71)85-73-32-15-17-34-83(73)96-90(85)86)61-26-18-27-62(49-61)65-53-77(58-24-8-3-9-25-58)92-79(54-65)60-37-43-67(44-38-60)94-81-48-39-56-21-10-11-28-68(56)84(81)74-46-45-72-69-29-14-16-33-82(69)95-89(72)88(74)94/h1-54H. The normalized spacial score (nSPS) is 12.0. The monoisotopic (exact) mass is 1220 g/mol. The lowest BCUT2D eigenvalue weighted by molar-refractivity contribution is 0.671. The van der Waals surface area contributed by atoms with Crippen LogP contribution in [0.1, 0.15) is 0 Å². The van der Waals surface area contributed by atoms with Crippen molar-refractivity contribution in [3.05, 3.63) is 328 Å². The number of para-hydroxylation sites is 2. The molecule has 0 saturated heterocycles. The fraction of sp³-hybridized carbons (Fsp3) is 0. The summed E-state index contributed by atoms with van der Waals surface area (Å²) >= 11 is 0. The summed E-state index contributed by atoms with van der Waals surface area (Å²) in [5.41, 5.74) is 24.4. The maximum Gasteiger partial charge on any atom is 0.160 e. The summed E-state index contributed by atoms with van der Waals surface area (Å²) in [4.78, 5) is 10.7. The van der Waals surface area contributed by atoms with Gasteiger partial charge in [-0.1, -0.05) is 237 Å². The Balaban J connectivity index is 0.725. The molecule has 6 nitrogen and oxygen atoms in total. The molecule has 14 aromatic carbocycles. The smallest absolute Gasteiger partial charge is 0.160 e. The van der Waals surface area contributed by atoms with E-state index in [0.717, 1.165) is 183 Å². The van der Waals surface area contributed by atoms with Crippen LogP contribution in [0.15, 0.2) is 336 Å². The van der Waals surface area contributed by atoms with Crippen LogP contribution in [0.2, 0.25) is 0 Å². The van der Waals surface area contributed by atoms with Crippen LogP contribution in [0.3, 0.4) is 0 Å². The van der Waals surface area contributed by atoms with Crippen molar-refractivity contribution in [2.45, 2.75) is 0 Å². The molecule has 0 aliphatic carbocycles. The van der Waals surface area contributed by atoms with Gasteiger partial charge in [0.15, 0.2) is 5.58 Å². The predicted octanol–water partition coefficient (Wildman–Crippen LogP) is 24.4. The van der Waals surface area contributed by atoms with Crippen LogP contribution in [-0.4, -0.2) is 19.1 Å². The van der Waals surface area contributed by atoms with E-state index in [-0.39, 0.29) is 0 Å². The Morgan fingerprint density at radius 1 is 0.219 bits per heavy atom. The summed E-state index contributed by atoms with van der Waals surface area (Å²) in [5, 5.41) is 13.7. The number of rotatable bonds is 9. The minimum Gasteiger partial charge on any atom is -0.455 e. The van der Waals surface area contributed by atoms with Crippen molar-refractivity contribution in [1.82, 2.24) is 19.1 Å². The maximum atomic E-state index is 7.09. The molecule has 0 bridgehead atoms. The number of furan rings is 2. The molecule has 0 N–H and O–H groups in total. The number of nitrogens with zero attached hydrogens (tertiary/aromatic N) is 4. The molecular weight excluding hydrogens is 1170 g/mol. The minimum absolute atomic E-state index is 0.864. The van der Waals surface area contributed by atoms with Gasteiger partial charge in [0.25, 0.3) is 0 Å². The van der Waals surface area contributed by atoms with Crippen LogP contribution in [0, 0.1) is 0 Å². The summed E-state index contributed by atoms with van der Waals surface area (Å²) < 4.78 is 18.7. The molecule has 0 aliphatic heterocycles. The van der Waals surface area contributed by atoms with Crippen LogP contribution in [0.4, 0.5) is 0 Å². The number of hydrogen-bond acceptors (Lipinski definition) is 4. The highest BCUT2D eigenvalue weighted by atomic mass is 16.3. The largest absolute Gasteiger partial charge is 0.455 e. The van der Waals surface area contributed by atoms with E-state index in [1.165, 1.54) is 16.2 Å². The zero-order chi connectivity index (χ0) is 63.0. The van der Waals surface area contributed by atoms with Gasteiger partial charge >= 0.3 is 0 Å². The van der Waals surface area contributed by atoms with E-state index >= 15 is 0 Å². The molecule has 0 aliphatic rings. The topological polar surface area (TPSA) is 61.9 Å². The predicted molar refractivity (Wildman–Crippen MR) is 398 cm³/mol. The summed E-state index contributed by atoms with van der Waals surface area (Å²) in [7, 11) is 0. The van der Waals surface area contributed by atoms with Crippen LogP contribution < -0.4 is 0 Å². The molecule has 6 aromatic heterocycles. The quantitative estimate of drug-likeness (QED) is 0.144. The van der Waals surface area contributed by atoms with Gasteiger partial charge in [-0.2, -0.15) is 0 Å². The average Bonchev–Trinajstić information content (AvgIpc) is 1.54. The third-order valence-electron chi connectivity index (χ3n) is 19.7. The molecule has 0 saturated carbocycles. The van der Waals surface area contributed by atoms with Crippen molar-refractivity contribution in [2.75, 3.05) is 0 Å². The van der Waals surface area contributed by atoms with Crippen molar-refractivity contribution in [1.29, 1.82) is 0 Å². The Labute approximate surface area is 551 Å². The molecular formula is C90H54N4O2. The second-order valence-electron chi connectivity index (χ2n) is 25.1. The number of pyridine rings is 2. The highest BCUT2D eigenvalue weighted by molar-refractivity contribution is 6.35. The van der Waals surface area contributed by atoms with Gasteiger partial charge in [-0.05, 0) is 141 Å². The minimum atomic E-state index is 0.864. The van der Waals surface area contributed by atoms with Crippen molar-refractivity contribution >= 4 is 109 Å². The van der Waals surface area contributed by atoms with E-state index in [0.29, 0.717) is 0 Å². The first-order valence-electron chi connectivity index (χ1n) is 32.7. The second kappa shape index (κ2) is 21.3. The van der Waals surface area contributed by atoms with E-state index in [9.17, 15) is 0 Å². The Kier molecular flexibility index (Phi) is 11.9. The molecule has 0 spiro atoms. The van der Waals surface area contributed by atoms with Crippen molar-refractivity contribution in [3.63, 3.8) is 0 Å². The lowest BCUT2D eigenvalue weighted by Crippen LogP contribution is -1.96. The van der Waals surface area contributed by atoms with E-state index in [1.807, 2.05) is 6.07 Å². The van der Waals surface area contributed by atoms with Crippen molar-refractivity contribution in [3.8, 4) is 89.8 Å². The number of benzene rings is 14. The third kappa shape index (κ3) is 8.45. The molecule has 0 amide bonds. The first kappa shape index (κ1) is 53.7. The van der Waals surface area contributed by atoms with Gasteiger partial charge < -0.3 is 18.0 Å². The van der Waals surface area contributed by atoms with Crippen LogP contribution in [0.5, 0.6) is 0 Å². The number of hydrogen-bond donors (Lipinski definition) is 0. The van der Waals surface area contributed by atoms with E-state index in [1.54, 1.807) is 0 Å². The SMILES string of the molecule is c1ccc(-c2cc(-c3ccccc3)nc(-c3ccc(-n4c5ccc(-c6cccc(-c7cc(-c8ccccc8)nc(-c8ccc(-n9c%10ccc%11ccccc%11c%10c%10ccc%11c%12ccccc%12oc%11c%109)cc8)c7)c6)cc5c5c6oc7ccccc7c6c6ccccc6c54)cc3)c2)cc1. The van der Waals surface area contributed by atoms with Crippen molar-refractivity contribution < 1.29 is 8.83 Å².